The summed E-state index contributed by atoms with van der Waals surface area (Å²) in [5.74, 6) is -0.738. The van der Waals surface area contributed by atoms with Crippen LogP contribution in [-0.2, 0) is 66.7 Å². The number of hydrogen-bond acceptors (Lipinski definition) is 26. The highest BCUT2D eigenvalue weighted by atomic mass is 32.3. The van der Waals surface area contributed by atoms with Crippen LogP contribution in [0.2, 0.25) is 0 Å². The van der Waals surface area contributed by atoms with Crippen molar-refractivity contribution in [2.24, 2.45) is 40.4 Å². The van der Waals surface area contributed by atoms with E-state index in [2.05, 4.69) is 19.9 Å². The number of Topliss-reactive ketones (excluding diaryl/α,β-unsaturated/α-hetero) is 1. The summed E-state index contributed by atoms with van der Waals surface area (Å²) in [7, 11) is -4.87. The molecule has 0 amide bonds. The number of aliphatic hydroxyl groups excluding tert-OH is 11. The first kappa shape index (κ1) is 66.8. The summed E-state index contributed by atoms with van der Waals surface area (Å²) in [6, 6.07) is 0. The first-order chi connectivity index (χ1) is 39.1. The normalized spacial score (nSPS) is 51.7. The van der Waals surface area contributed by atoms with E-state index in [0.29, 0.717) is 32.1 Å². The van der Waals surface area contributed by atoms with Crippen molar-refractivity contribution in [2.75, 3.05) is 6.61 Å². The molecule has 0 aromatic rings. The molecule has 28 heteroatoms. The monoisotopic (exact) mass is 1230 g/mol. The maximum atomic E-state index is 13.2. The molecule has 9 aliphatic rings. The average molecular weight is 1230 g/mol. The fourth-order valence-electron chi connectivity index (χ4n) is 15.7. The summed E-state index contributed by atoms with van der Waals surface area (Å²) in [5, 5.41) is 135. The zero-order valence-electron chi connectivity index (χ0n) is 49.0. The summed E-state index contributed by atoms with van der Waals surface area (Å²) < 4.78 is 101. The van der Waals surface area contributed by atoms with Crippen molar-refractivity contribution in [3.8, 4) is 0 Å². The van der Waals surface area contributed by atoms with E-state index in [9.17, 15) is 79.0 Å². The standard InChI is InChI=1S/C56H92O27S/c1-21(2)16-26(57)19-56(9,69)34-11-10-29-28-18-32(31-17-27(83-84(70,71)72)12-14-54(31,7)30(28)13-15-55(29,34)8)78-51-45(68)46(38(61)25(6)76-51)80-52-47(81-49-43(66)40(63)35(58)22(3)74-49)39(62)33(20-73-52)79-53-48(42(65)37(60)24(5)77-53)82-50-44(67)41(64)36(59)23(4)75-50/h13,21-25,27-29,31-53,58-69H,10-12,14-20H2,1-9H3,(H,70,71,72)/t22-,23-,24-,25-,27+,28+,29+,31-,32+,33-,34+,35-,36+,37-,38-,39+,40+,41+,42+,43-,44-,45-,46+,47-,48-,49?,50?,51?,52?,53?,54-,55+,56-/m1/s1. The van der Waals surface area contributed by atoms with Crippen LogP contribution in [0.1, 0.15) is 120 Å². The van der Waals surface area contributed by atoms with Gasteiger partial charge in [0.25, 0.3) is 0 Å². The third-order valence-electron chi connectivity index (χ3n) is 20.3. The molecule has 0 radical (unpaired) electrons. The Bertz CT molecular complexity index is 2400. The Kier molecular flexibility index (Phi) is 20.4. The van der Waals surface area contributed by atoms with Crippen molar-refractivity contribution in [3.05, 3.63) is 11.6 Å². The second-order valence-electron chi connectivity index (χ2n) is 26.7. The molecule has 4 aliphatic carbocycles. The molecule has 0 aromatic heterocycles. The number of rotatable bonds is 17. The predicted molar refractivity (Wildman–Crippen MR) is 284 cm³/mol. The number of ether oxygens (including phenoxy) is 10. The van der Waals surface area contributed by atoms with Crippen molar-refractivity contribution in [2.45, 2.75) is 285 Å². The molecule has 8 fully saturated rings. The lowest BCUT2D eigenvalue weighted by molar-refractivity contribution is -0.397. The third kappa shape index (κ3) is 13.1. The minimum absolute atomic E-state index is 0.00676. The van der Waals surface area contributed by atoms with Crippen molar-refractivity contribution in [1.29, 1.82) is 0 Å². The van der Waals surface area contributed by atoms with Crippen LogP contribution in [0.3, 0.4) is 0 Å². The molecule has 9 rings (SSSR count). The van der Waals surface area contributed by atoms with Gasteiger partial charge in [0.05, 0.1) is 48.8 Å². The number of allylic oxidation sites excluding steroid dienone is 2. The lowest BCUT2D eigenvalue weighted by Gasteiger charge is -2.60. The van der Waals surface area contributed by atoms with Gasteiger partial charge in [-0.3, -0.25) is 9.35 Å². The predicted octanol–water partition coefficient (Wildman–Crippen LogP) is -1.65. The van der Waals surface area contributed by atoms with E-state index in [1.807, 2.05) is 13.8 Å². The van der Waals surface area contributed by atoms with Gasteiger partial charge in [-0.05, 0) is 120 Å². The van der Waals surface area contributed by atoms with Crippen molar-refractivity contribution in [3.63, 3.8) is 0 Å². The molecular formula is C56H92O27S. The number of hydrogen-bond donors (Lipinski definition) is 13. The van der Waals surface area contributed by atoms with Gasteiger partial charge in [-0.15, -0.1) is 0 Å². The van der Waals surface area contributed by atoms with E-state index in [1.165, 1.54) is 27.7 Å². The number of carbonyl (C=O) groups is 1. The fourth-order valence-corrected chi connectivity index (χ4v) is 16.2. The zero-order chi connectivity index (χ0) is 61.6. The summed E-state index contributed by atoms with van der Waals surface area (Å²) in [5.41, 5.74) is -1.22. The molecule has 5 unspecified atom stereocenters. The highest BCUT2D eigenvalue weighted by Gasteiger charge is 2.64. The summed E-state index contributed by atoms with van der Waals surface area (Å²) in [4.78, 5) is 13.2. The molecular weight excluding hydrogens is 1140 g/mol. The molecule has 5 heterocycles. The van der Waals surface area contributed by atoms with Gasteiger partial charge in [-0.25, -0.2) is 4.18 Å². The van der Waals surface area contributed by atoms with E-state index in [4.69, 9.17) is 51.6 Å². The molecule has 84 heavy (non-hydrogen) atoms. The van der Waals surface area contributed by atoms with Gasteiger partial charge in [0.15, 0.2) is 31.5 Å². The molecule has 27 nitrogen and oxygen atoms in total. The van der Waals surface area contributed by atoms with Gasteiger partial charge in [0.2, 0.25) is 0 Å². The molecule has 0 aromatic carbocycles. The minimum atomic E-state index is -4.87. The second kappa shape index (κ2) is 25.6. The first-order valence-corrected chi connectivity index (χ1v) is 31.1. The van der Waals surface area contributed by atoms with Gasteiger partial charge < -0.3 is 109 Å². The van der Waals surface area contributed by atoms with Gasteiger partial charge >= 0.3 is 10.4 Å². The van der Waals surface area contributed by atoms with Crippen LogP contribution < -0.4 is 0 Å². The molecule has 484 valence electrons. The lowest BCUT2D eigenvalue weighted by atomic mass is 9.47. The number of ketones is 1. The second-order valence-corrected chi connectivity index (χ2v) is 27.7. The van der Waals surface area contributed by atoms with E-state index < -0.39 is 199 Å². The SMILES string of the molecule is CC(C)CC(=O)C[C@@](C)(O)[C@H]1CC[C@H]2[C@@H]3C[C@H](OC4O[C@H](C)[C@@H](O)[C@H](OC5OC[C@@H](OC6O[C@H](C)[C@@H](O)[C@H](O)[C@H]6OC6O[C@H](C)[C@H](O)[C@H](O)[C@H]6O)[C@H](O)[C@H]5OC5O[C@H](C)[C@@H](O)[C@H](O)[C@H]5O)[C@H]4O)[C@H]4C[C@@H](OS(=O)(=O)O)CC[C@]4(C)C3=CC[C@@]21C. The molecule has 0 spiro atoms. The Morgan fingerprint density at radius 1 is 0.619 bits per heavy atom. The van der Waals surface area contributed by atoms with Gasteiger partial charge in [-0.1, -0.05) is 39.3 Å². The maximum Gasteiger partial charge on any atom is 0.397 e. The zero-order valence-corrected chi connectivity index (χ0v) is 49.8. The Morgan fingerprint density at radius 2 is 1.13 bits per heavy atom. The fraction of sp³-hybridized carbons (Fsp3) is 0.946. The van der Waals surface area contributed by atoms with E-state index in [0.717, 1.165) is 12.0 Å². The average Bonchev–Trinajstić information content (AvgIpc) is 1.36. The largest absolute Gasteiger partial charge is 0.397 e. The smallest absolute Gasteiger partial charge is 0.389 e. The topological polar surface area (TPSA) is 416 Å². The van der Waals surface area contributed by atoms with Crippen LogP contribution in [0, 0.1) is 40.4 Å². The van der Waals surface area contributed by atoms with Crippen molar-refractivity contribution >= 4 is 16.2 Å². The Hall–Kier alpha value is -1.60. The molecule has 5 saturated heterocycles. The molecule has 0 bridgehead atoms. The van der Waals surface area contributed by atoms with Crippen LogP contribution in [0.25, 0.3) is 0 Å². The van der Waals surface area contributed by atoms with Crippen LogP contribution in [0.4, 0.5) is 0 Å². The van der Waals surface area contributed by atoms with E-state index >= 15 is 0 Å². The van der Waals surface area contributed by atoms with E-state index in [1.54, 1.807) is 6.92 Å². The first-order valence-electron chi connectivity index (χ1n) is 29.7. The Balaban J connectivity index is 0.978. The number of carbonyl (C=O) groups excluding carboxylic acids is 1. The third-order valence-corrected chi connectivity index (χ3v) is 20.8. The van der Waals surface area contributed by atoms with Crippen LogP contribution in [-0.4, -0.2) is 252 Å². The molecule has 3 saturated carbocycles. The van der Waals surface area contributed by atoms with Gasteiger partial charge in [0, 0.05) is 12.8 Å². The number of fused-ring (bicyclic) bond motifs is 5. The summed E-state index contributed by atoms with van der Waals surface area (Å²) >= 11 is 0. The summed E-state index contributed by atoms with van der Waals surface area (Å²) in [6.07, 6.45) is -35.2. The van der Waals surface area contributed by atoms with Gasteiger partial charge in [0.1, 0.15) is 97.3 Å². The van der Waals surface area contributed by atoms with Crippen molar-refractivity contribution in [1.82, 2.24) is 0 Å². The van der Waals surface area contributed by atoms with Crippen molar-refractivity contribution < 1.29 is 131 Å². The number of aliphatic hydroxyl groups is 12. The van der Waals surface area contributed by atoms with Crippen LogP contribution in [0.15, 0.2) is 11.6 Å². The Morgan fingerprint density at radius 3 is 1.70 bits per heavy atom. The maximum absolute atomic E-state index is 13.2. The van der Waals surface area contributed by atoms with Gasteiger partial charge in [-0.2, -0.15) is 8.42 Å². The highest BCUT2D eigenvalue weighted by Crippen LogP contribution is 2.67. The minimum Gasteiger partial charge on any atom is -0.389 e. The quantitative estimate of drug-likeness (QED) is 0.0573. The van der Waals surface area contributed by atoms with E-state index in [-0.39, 0.29) is 48.7 Å². The summed E-state index contributed by atoms with van der Waals surface area (Å²) in [6.45, 7) is 15.0. The Labute approximate surface area is 489 Å². The lowest BCUT2D eigenvalue weighted by Crippen LogP contribution is -2.66. The highest BCUT2D eigenvalue weighted by molar-refractivity contribution is 7.80. The molecule has 33 atom stereocenters. The van der Waals surface area contributed by atoms with Crippen LogP contribution >= 0.6 is 0 Å². The molecule has 13 N–H and O–H groups in total. The van der Waals surface area contributed by atoms with Crippen LogP contribution in [0.5, 0.6) is 0 Å². The molecule has 5 aliphatic heterocycles.